The monoisotopic (exact) mass is 294 g/mol. The van der Waals surface area contributed by atoms with E-state index in [4.69, 9.17) is 4.42 Å². The molecule has 2 aromatic rings. The molecule has 0 unspecified atom stereocenters. The van der Waals surface area contributed by atoms with Gasteiger partial charge >= 0.3 is 5.69 Å². The molecule has 3 rings (SSSR count). The van der Waals surface area contributed by atoms with Crippen molar-refractivity contribution in [2.24, 2.45) is 0 Å². The zero-order valence-corrected chi connectivity index (χ0v) is 12.2. The lowest BCUT2D eigenvalue weighted by Crippen LogP contribution is -2.16. The molecule has 1 saturated carbocycles. The van der Waals surface area contributed by atoms with Gasteiger partial charge in [0.15, 0.2) is 5.16 Å². The predicted molar refractivity (Wildman–Crippen MR) is 76.7 cm³/mol. The summed E-state index contributed by atoms with van der Waals surface area (Å²) in [6.07, 6.45) is 2.55. The van der Waals surface area contributed by atoms with Crippen molar-refractivity contribution in [3.8, 4) is 0 Å². The molecule has 1 aliphatic rings. The van der Waals surface area contributed by atoms with E-state index in [1.807, 2.05) is 19.1 Å². The maximum Gasteiger partial charge on any atom is 0.343 e. The van der Waals surface area contributed by atoms with Gasteiger partial charge in [0.25, 0.3) is 0 Å². The Kier molecular flexibility index (Phi) is 3.98. The summed E-state index contributed by atoms with van der Waals surface area (Å²) >= 11 is 1.50. The third kappa shape index (κ3) is 3.16. The Morgan fingerprint density at radius 1 is 1.50 bits per heavy atom. The molecule has 20 heavy (non-hydrogen) atoms. The zero-order valence-electron chi connectivity index (χ0n) is 11.4. The predicted octanol–water partition coefficient (Wildman–Crippen LogP) is 1.73. The standard InChI is InChI=1S/C13H18N4O2S/c1-2-17-12(18)15-16-13(17)20-8-11-6-5-10(19-11)7-14-9-3-4-9/h5-6,9,14H,2-4,7-8H2,1H3,(H,15,18). The van der Waals surface area contributed by atoms with Crippen LogP contribution in [0.5, 0.6) is 0 Å². The first kappa shape index (κ1) is 13.5. The number of rotatable bonds is 7. The minimum Gasteiger partial charge on any atom is -0.464 e. The third-order valence-electron chi connectivity index (χ3n) is 3.24. The first-order chi connectivity index (χ1) is 9.76. The van der Waals surface area contributed by atoms with Crippen molar-refractivity contribution in [3.63, 3.8) is 0 Å². The SMILES string of the molecule is CCn1c(SCc2ccc(CNC3CC3)o2)n[nH]c1=O. The average Bonchev–Trinajstić information content (AvgIpc) is 3.06. The van der Waals surface area contributed by atoms with Crippen LogP contribution < -0.4 is 11.0 Å². The van der Waals surface area contributed by atoms with Crippen molar-refractivity contribution in [3.05, 3.63) is 34.1 Å². The number of aromatic nitrogens is 3. The fourth-order valence-electron chi connectivity index (χ4n) is 1.96. The highest BCUT2D eigenvalue weighted by Gasteiger charge is 2.20. The van der Waals surface area contributed by atoms with E-state index in [0.717, 1.165) is 18.1 Å². The van der Waals surface area contributed by atoms with E-state index in [-0.39, 0.29) is 5.69 Å². The van der Waals surface area contributed by atoms with Crippen molar-refractivity contribution in [2.75, 3.05) is 0 Å². The Morgan fingerprint density at radius 2 is 2.30 bits per heavy atom. The Morgan fingerprint density at radius 3 is 3.05 bits per heavy atom. The highest BCUT2D eigenvalue weighted by Crippen LogP contribution is 2.22. The van der Waals surface area contributed by atoms with Crippen molar-refractivity contribution in [1.82, 2.24) is 20.1 Å². The molecular formula is C13H18N4O2S. The molecule has 2 N–H and O–H groups in total. The molecule has 1 aliphatic carbocycles. The lowest BCUT2D eigenvalue weighted by atomic mass is 10.4. The molecule has 0 amide bonds. The summed E-state index contributed by atoms with van der Waals surface area (Å²) in [5, 5.41) is 10.6. The second-order valence-electron chi connectivity index (χ2n) is 4.87. The molecule has 0 saturated heterocycles. The lowest BCUT2D eigenvalue weighted by molar-refractivity contribution is 0.458. The molecule has 0 aliphatic heterocycles. The van der Waals surface area contributed by atoms with Crippen molar-refractivity contribution < 1.29 is 4.42 Å². The topological polar surface area (TPSA) is 75.8 Å². The Bertz CT molecular complexity index is 626. The van der Waals surface area contributed by atoms with Gasteiger partial charge in [-0.1, -0.05) is 11.8 Å². The lowest BCUT2D eigenvalue weighted by Gasteiger charge is -2.01. The summed E-state index contributed by atoms with van der Waals surface area (Å²) in [4.78, 5) is 11.4. The van der Waals surface area contributed by atoms with Gasteiger partial charge in [-0.3, -0.25) is 4.57 Å². The molecule has 0 atom stereocenters. The maximum absolute atomic E-state index is 11.4. The summed E-state index contributed by atoms with van der Waals surface area (Å²) in [5.74, 6) is 2.54. The summed E-state index contributed by atoms with van der Waals surface area (Å²) in [7, 11) is 0. The molecule has 0 bridgehead atoms. The second-order valence-corrected chi connectivity index (χ2v) is 5.81. The van der Waals surface area contributed by atoms with Gasteiger partial charge in [0, 0.05) is 12.6 Å². The van der Waals surface area contributed by atoms with Gasteiger partial charge in [0.2, 0.25) is 0 Å². The van der Waals surface area contributed by atoms with Crippen LogP contribution in [0.4, 0.5) is 0 Å². The van der Waals surface area contributed by atoms with E-state index in [2.05, 4.69) is 15.5 Å². The third-order valence-corrected chi connectivity index (χ3v) is 4.24. The van der Waals surface area contributed by atoms with E-state index in [1.165, 1.54) is 24.6 Å². The largest absolute Gasteiger partial charge is 0.464 e. The fraction of sp³-hybridized carbons (Fsp3) is 0.538. The summed E-state index contributed by atoms with van der Waals surface area (Å²) in [6.45, 7) is 3.33. The van der Waals surface area contributed by atoms with Gasteiger partial charge in [-0.25, -0.2) is 9.89 Å². The molecule has 0 aromatic carbocycles. The van der Waals surface area contributed by atoms with Crippen LogP contribution in [0.15, 0.2) is 26.5 Å². The zero-order chi connectivity index (χ0) is 13.9. The van der Waals surface area contributed by atoms with Gasteiger partial charge in [0.1, 0.15) is 11.5 Å². The number of hydrogen-bond donors (Lipinski definition) is 2. The van der Waals surface area contributed by atoms with Crippen LogP contribution in [-0.2, 0) is 18.8 Å². The second kappa shape index (κ2) is 5.88. The molecular weight excluding hydrogens is 276 g/mol. The molecule has 6 nitrogen and oxygen atoms in total. The molecule has 2 heterocycles. The number of nitrogens with zero attached hydrogens (tertiary/aromatic N) is 2. The number of aromatic amines is 1. The van der Waals surface area contributed by atoms with Crippen LogP contribution in [0, 0.1) is 0 Å². The quantitative estimate of drug-likeness (QED) is 0.761. The van der Waals surface area contributed by atoms with Gasteiger partial charge in [0.05, 0.1) is 12.3 Å². The van der Waals surface area contributed by atoms with Crippen LogP contribution in [0.3, 0.4) is 0 Å². The van der Waals surface area contributed by atoms with Gasteiger partial charge in [-0.2, -0.15) is 0 Å². The Labute approximate surface area is 120 Å². The highest BCUT2D eigenvalue weighted by atomic mass is 32.2. The maximum atomic E-state index is 11.4. The van der Waals surface area contributed by atoms with E-state index in [9.17, 15) is 4.79 Å². The molecule has 7 heteroatoms. The minimum atomic E-state index is -0.163. The van der Waals surface area contributed by atoms with Crippen LogP contribution >= 0.6 is 11.8 Å². The Hall–Kier alpha value is -1.47. The van der Waals surface area contributed by atoms with Crippen molar-refractivity contribution in [2.45, 2.75) is 49.8 Å². The molecule has 1 fully saturated rings. The van der Waals surface area contributed by atoms with Gasteiger partial charge < -0.3 is 9.73 Å². The van der Waals surface area contributed by atoms with E-state index >= 15 is 0 Å². The summed E-state index contributed by atoms with van der Waals surface area (Å²) in [6, 6.07) is 4.67. The number of furan rings is 1. The van der Waals surface area contributed by atoms with Crippen molar-refractivity contribution in [1.29, 1.82) is 0 Å². The number of thioether (sulfide) groups is 1. The van der Waals surface area contributed by atoms with Gasteiger partial charge in [-0.15, -0.1) is 5.10 Å². The highest BCUT2D eigenvalue weighted by molar-refractivity contribution is 7.98. The summed E-state index contributed by atoms with van der Waals surface area (Å²) in [5.41, 5.74) is -0.163. The number of nitrogens with one attached hydrogen (secondary N) is 2. The fourth-order valence-corrected chi connectivity index (χ4v) is 2.86. The van der Waals surface area contributed by atoms with Crippen LogP contribution in [0.25, 0.3) is 0 Å². The molecule has 0 radical (unpaired) electrons. The number of H-pyrrole nitrogens is 1. The Balaban J connectivity index is 1.55. The molecule has 2 aromatic heterocycles. The van der Waals surface area contributed by atoms with Gasteiger partial charge in [-0.05, 0) is 31.9 Å². The van der Waals surface area contributed by atoms with Crippen LogP contribution in [-0.4, -0.2) is 20.8 Å². The van der Waals surface area contributed by atoms with Crippen molar-refractivity contribution >= 4 is 11.8 Å². The molecule has 108 valence electrons. The van der Waals surface area contributed by atoms with Crippen LogP contribution in [0.2, 0.25) is 0 Å². The average molecular weight is 294 g/mol. The van der Waals surface area contributed by atoms with E-state index in [1.54, 1.807) is 4.57 Å². The van der Waals surface area contributed by atoms with E-state index in [0.29, 0.717) is 23.5 Å². The minimum absolute atomic E-state index is 0.163. The molecule has 0 spiro atoms. The van der Waals surface area contributed by atoms with E-state index < -0.39 is 0 Å². The smallest absolute Gasteiger partial charge is 0.343 e. The number of hydrogen-bond acceptors (Lipinski definition) is 5. The normalized spacial score (nSPS) is 14.8. The van der Waals surface area contributed by atoms with Crippen LogP contribution in [0.1, 0.15) is 31.3 Å². The summed E-state index contributed by atoms with van der Waals surface area (Å²) < 4.78 is 7.37. The first-order valence-corrected chi connectivity index (χ1v) is 7.84. The first-order valence-electron chi connectivity index (χ1n) is 6.85.